The Hall–Kier alpha value is -3.08. The maximum absolute atomic E-state index is 13.1. The number of furan rings is 1. The minimum atomic E-state index is -0.300. The Morgan fingerprint density at radius 2 is 1.80 bits per heavy atom. The van der Waals surface area contributed by atoms with Crippen LogP contribution in [0.1, 0.15) is 16.9 Å². The molecule has 0 aliphatic heterocycles. The van der Waals surface area contributed by atoms with Crippen LogP contribution in [0.3, 0.4) is 0 Å². The molecule has 1 aromatic heterocycles. The van der Waals surface area contributed by atoms with Crippen LogP contribution in [0.4, 0.5) is 14.9 Å². The van der Waals surface area contributed by atoms with Crippen LogP contribution in [-0.4, -0.2) is 10.9 Å². The second kappa shape index (κ2) is 7.66. The van der Waals surface area contributed by atoms with Crippen LogP contribution in [-0.2, 0) is 13.1 Å². The van der Waals surface area contributed by atoms with Crippen LogP contribution in [0.15, 0.2) is 71.3 Å². The Labute approximate surface area is 145 Å². The van der Waals surface area contributed by atoms with Crippen molar-refractivity contribution in [1.82, 2.24) is 4.90 Å². The van der Waals surface area contributed by atoms with E-state index in [1.54, 1.807) is 29.4 Å². The van der Waals surface area contributed by atoms with Gasteiger partial charge in [-0.05, 0) is 48.4 Å². The van der Waals surface area contributed by atoms with Gasteiger partial charge in [0.15, 0.2) is 0 Å². The Balaban J connectivity index is 1.78. The van der Waals surface area contributed by atoms with Gasteiger partial charge in [0, 0.05) is 12.2 Å². The van der Waals surface area contributed by atoms with Gasteiger partial charge >= 0.3 is 6.03 Å². The number of carbonyl (C=O) groups excluding carboxylic acids is 1. The molecule has 0 unspecified atom stereocenters. The fourth-order valence-corrected chi connectivity index (χ4v) is 2.51. The Morgan fingerprint density at radius 1 is 1.04 bits per heavy atom. The van der Waals surface area contributed by atoms with Gasteiger partial charge < -0.3 is 14.6 Å². The zero-order valence-electron chi connectivity index (χ0n) is 13.9. The number of nitrogens with one attached hydrogen (secondary N) is 1. The maximum Gasteiger partial charge on any atom is 0.322 e. The quantitative estimate of drug-likeness (QED) is 0.714. The predicted octanol–water partition coefficient (Wildman–Crippen LogP) is 4.96. The first-order valence-electron chi connectivity index (χ1n) is 8.00. The summed E-state index contributed by atoms with van der Waals surface area (Å²) in [5, 5.41) is 2.93. The van der Waals surface area contributed by atoms with Crippen molar-refractivity contribution in [2.75, 3.05) is 5.32 Å². The summed E-state index contributed by atoms with van der Waals surface area (Å²) >= 11 is 0. The molecule has 3 rings (SSSR count). The molecule has 0 aliphatic carbocycles. The molecule has 2 aromatic carbocycles. The molecule has 0 fully saturated rings. The van der Waals surface area contributed by atoms with Gasteiger partial charge in [0.1, 0.15) is 11.6 Å². The first-order chi connectivity index (χ1) is 12.1. The van der Waals surface area contributed by atoms with E-state index >= 15 is 0 Å². The van der Waals surface area contributed by atoms with Crippen molar-refractivity contribution in [3.05, 3.63) is 89.6 Å². The van der Waals surface area contributed by atoms with Gasteiger partial charge in [-0.2, -0.15) is 0 Å². The lowest BCUT2D eigenvalue weighted by Crippen LogP contribution is -2.34. The third-order valence-corrected chi connectivity index (χ3v) is 3.89. The molecule has 0 saturated heterocycles. The number of amides is 2. The molecule has 1 heterocycles. The van der Waals surface area contributed by atoms with Crippen LogP contribution in [0.5, 0.6) is 0 Å². The average Bonchev–Trinajstić information content (AvgIpc) is 3.11. The molecule has 3 aromatic rings. The lowest BCUT2D eigenvalue weighted by Gasteiger charge is -2.23. The van der Waals surface area contributed by atoms with E-state index in [9.17, 15) is 9.18 Å². The number of carbonyl (C=O) groups is 1. The van der Waals surface area contributed by atoms with E-state index in [0.717, 1.165) is 16.8 Å². The third-order valence-electron chi connectivity index (χ3n) is 3.89. The van der Waals surface area contributed by atoms with E-state index in [1.807, 2.05) is 37.3 Å². The van der Waals surface area contributed by atoms with Crippen LogP contribution in [0, 0.1) is 12.7 Å². The number of hydrogen-bond donors (Lipinski definition) is 1. The third kappa shape index (κ3) is 4.47. The maximum atomic E-state index is 13.1. The van der Waals surface area contributed by atoms with Gasteiger partial charge in [-0.25, -0.2) is 9.18 Å². The smallest absolute Gasteiger partial charge is 0.322 e. The number of nitrogens with zero attached hydrogens (tertiary/aromatic N) is 1. The Kier molecular flexibility index (Phi) is 5.14. The topological polar surface area (TPSA) is 45.5 Å². The van der Waals surface area contributed by atoms with E-state index in [-0.39, 0.29) is 11.8 Å². The fraction of sp³-hybridized carbons (Fsp3) is 0.150. The van der Waals surface area contributed by atoms with Crippen molar-refractivity contribution in [3.63, 3.8) is 0 Å². The van der Waals surface area contributed by atoms with Crippen LogP contribution < -0.4 is 5.32 Å². The van der Waals surface area contributed by atoms with Gasteiger partial charge in [-0.15, -0.1) is 0 Å². The molecule has 2 amide bonds. The van der Waals surface area contributed by atoms with E-state index in [1.165, 1.54) is 12.1 Å². The number of hydrogen-bond acceptors (Lipinski definition) is 2. The van der Waals surface area contributed by atoms with Gasteiger partial charge in [0.05, 0.1) is 12.8 Å². The molecule has 0 bridgehead atoms. The number of halogens is 1. The zero-order chi connectivity index (χ0) is 17.6. The number of urea groups is 1. The average molecular weight is 338 g/mol. The van der Waals surface area contributed by atoms with Crippen LogP contribution in [0.2, 0.25) is 0 Å². The molecule has 25 heavy (non-hydrogen) atoms. The molecular formula is C20H19FN2O2. The molecule has 1 N–H and O–H groups in total. The summed E-state index contributed by atoms with van der Waals surface area (Å²) in [5.74, 6) is 0.382. The van der Waals surface area contributed by atoms with Gasteiger partial charge in [0.25, 0.3) is 0 Å². The predicted molar refractivity (Wildman–Crippen MR) is 94.6 cm³/mol. The standard InChI is InChI=1S/C20H19FN2O2/c1-15-5-2-3-7-19(15)22-20(24)23(14-18-6-4-12-25-18)13-16-8-10-17(21)11-9-16/h2-12H,13-14H2,1H3,(H,22,24). The van der Waals surface area contributed by atoms with Crippen molar-refractivity contribution in [2.45, 2.75) is 20.0 Å². The van der Waals surface area contributed by atoms with Gasteiger partial charge in [-0.3, -0.25) is 0 Å². The van der Waals surface area contributed by atoms with E-state index in [4.69, 9.17) is 4.42 Å². The molecular weight excluding hydrogens is 319 g/mol. The largest absolute Gasteiger partial charge is 0.467 e. The SMILES string of the molecule is Cc1ccccc1NC(=O)N(Cc1ccc(F)cc1)Cc1ccco1. The highest BCUT2D eigenvalue weighted by molar-refractivity contribution is 5.90. The minimum absolute atomic E-state index is 0.241. The molecule has 0 atom stereocenters. The highest BCUT2D eigenvalue weighted by Gasteiger charge is 2.17. The summed E-state index contributed by atoms with van der Waals surface area (Å²) < 4.78 is 18.5. The highest BCUT2D eigenvalue weighted by Crippen LogP contribution is 2.17. The van der Waals surface area contributed by atoms with E-state index in [2.05, 4.69) is 5.32 Å². The second-order valence-electron chi connectivity index (χ2n) is 5.81. The number of aryl methyl sites for hydroxylation is 1. The molecule has 5 heteroatoms. The normalized spacial score (nSPS) is 10.5. The molecule has 0 radical (unpaired) electrons. The lowest BCUT2D eigenvalue weighted by atomic mass is 10.2. The summed E-state index contributed by atoms with van der Waals surface area (Å²) in [6.07, 6.45) is 1.57. The fourth-order valence-electron chi connectivity index (χ4n) is 2.51. The number of anilines is 1. The van der Waals surface area contributed by atoms with Crippen molar-refractivity contribution in [2.24, 2.45) is 0 Å². The molecule has 4 nitrogen and oxygen atoms in total. The number of para-hydroxylation sites is 1. The van der Waals surface area contributed by atoms with Crippen molar-refractivity contribution in [1.29, 1.82) is 0 Å². The monoisotopic (exact) mass is 338 g/mol. The first-order valence-corrected chi connectivity index (χ1v) is 8.00. The van der Waals surface area contributed by atoms with Crippen molar-refractivity contribution in [3.8, 4) is 0 Å². The summed E-state index contributed by atoms with van der Waals surface area (Å²) in [4.78, 5) is 14.4. The lowest BCUT2D eigenvalue weighted by molar-refractivity contribution is 0.201. The summed E-state index contributed by atoms with van der Waals surface area (Å²) in [5.41, 5.74) is 2.58. The van der Waals surface area contributed by atoms with Gasteiger partial charge in [-0.1, -0.05) is 30.3 Å². The molecule has 0 spiro atoms. The molecule has 0 aliphatic rings. The Bertz CT molecular complexity index is 829. The number of benzene rings is 2. The highest BCUT2D eigenvalue weighted by atomic mass is 19.1. The second-order valence-corrected chi connectivity index (χ2v) is 5.81. The minimum Gasteiger partial charge on any atom is -0.467 e. The summed E-state index contributed by atoms with van der Waals surface area (Å²) in [7, 11) is 0. The van der Waals surface area contributed by atoms with Gasteiger partial charge in [0.2, 0.25) is 0 Å². The summed E-state index contributed by atoms with van der Waals surface area (Å²) in [6.45, 7) is 2.60. The summed E-state index contributed by atoms with van der Waals surface area (Å²) in [6, 6.07) is 17.1. The van der Waals surface area contributed by atoms with Crippen molar-refractivity contribution >= 4 is 11.7 Å². The van der Waals surface area contributed by atoms with E-state index in [0.29, 0.717) is 18.8 Å². The van der Waals surface area contributed by atoms with Crippen molar-refractivity contribution < 1.29 is 13.6 Å². The van der Waals surface area contributed by atoms with E-state index < -0.39 is 0 Å². The first kappa shape index (κ1) is 16.8. The number of rotatable bonds is 5. The zero-order valence-corrected chi connectivity index (χ0v) is 13.9. The van der Waals surface area contributed by atoms with Crippen LogP contribution >= 0.6 is 0 Å². The molecule has 0 saturated carbocycles. The van der Waals surface area contributed by atoms with Crippen LogP contribution in [0.25, 0.3) is 0 Å². The molecule has 128 valence electrons. The Morgan fingerprint density at radius 3 is 2.48 bits per heavy atom.